The number of carbonyl (C=O) groups is 3. The van der Waals surface area contributed by atoms with Crippen LogP contribution in [0.3, 0.4) is 0 Å². The van der Waals surface area contributed by atoms with Crippen molar-refractivity contribution >= 4 is 23.5 Å². The number of nitrogens with one attached hydrogen (secondary N) is 2. The van der Waals surface area contributed by atoms with Gasteiger partial charge in [-0.25, -0.2) is 0 Å². The standard InChI is InChI=1S/C24H29N3O4/c25-7-5-16-1-3-20(4-2-16)27-21(28)15-31-22(29)6-8-26-23(30)24-12-17-9-18(13-24)11-19(10-17)14-24/h1-4,17-19H,5-6,8-15H2,(H,26,30)(H,27,28). The summed E-state index contributed by atoms with van der Waals surface area (Å²) in [6.07, 6.45) is 7.19. The molecule has 0 aliphatic heterocycles. The summed E-state index contributed by atoms with van der Waals surface area (Å²) in [5.74, 6) is 1.25. The Labute approximate surface area is 182 Å². The molecular formula is C24H29N3O4. The average Bonchev–Trinajstić information content (AvgIpc) is 2.73. The molecule has 31 heavy (non-hydrogen) atoms. The van der Waals surface area contributed by atoms with Gasteiger partial charge in [0, 0.05) is 17.6 Å². The number of nitriles is 1. The fourth-order valence-corrected chi connectivity index (χ4v) is 6.07. The molecule has 5 rings (SSSR count). The van der Waals surface area contributed by atoms with Gasteiger partial charge in [0.2, 0.25) is 5.91 Å². The molecule has 4 fully saturated rings. The molecule has 1 aromatic carbocycles. The lowest BCUT2D eigenvalue weighted by Crippen LogP contribution is -2.53. The van der Waals surface area contributed by atoms with E-state index in [1.54, 1.807) is 24.3 Å². The van der Waals surface area contributed by atoms with Gasteiger partial charge < -0.3 is 15.4 Å². The maximum atomic E-state index is 12.9. The van der Waals surface area contributed by atoms with Crippen LogP contribution in [0.4, 0.5) is 5.69 Å². The minimum atomic E-state index is -0.509. The number of hydrogen-bond donors (Lipinski definition) is 2. The Kier molecular flexibility index (Phi) is 6.26. The average molecular weight is 424 g/mol. The lowest BCUT2D eigenvalue weighted by molar-refractivity contribution is -0.148. The number of benzene rings is 1. The predicted octanol–water partition coefficient (Wildman–Crippen LogP) is 2.96. The highest BCUT2D eigenvalue weighted by Crippen LogP contribution is 2.60. The lowest BCUT2D eigenvalue weighted by Gasteiger charge is -2.55. The number of ether oxygens (including phenoxy) is 1. The largest absolute Gasteiger partial charge is 0.456 e. The SMILES string of the molecule is N#CCc1ccc(NC(=O)COC(=O)CCNC(=O)C23CC4CC(CC(C4)C2)C3)cc1. The smallest absolute Gasteiger partial charge is 0.308 e. The molecule has 0 saturated heterocycles. The highest BCUT2D eigenvalue weighted by Gasteiger charge is 2.54. The first-order valence-electron chi connectivity index (χ1n) is 11.2. The number of anilines is 1. The van der Waals surface area contributed by atoms with E-state index in [0.717, 1.165) is 24.8 Å². The van der Waals surface area contributed by atoms with E-state index in [4.69, 9.17) is 10.00 Å². The monoisotopic (exact) mass is 423 g/mol. The molecule has 2 amide bonds. The lowest BCUT2D eigenvalue weighted by atomic mass is 9.49. The van der Waals surface area contributed by atoms with E-state index in [9.17, 15) is 14.4 Å². The van der Waals surface area contributed by atoms with Crippen LogP contribution in [0.1, 0.15) is 50.5 Å². The van der Waals surface area contributed by atoms with Crippen molar-refractivity contribution in [2.75, 3.05) is 18.5 Å². The van der Waals surface area contributed by atoms with E-state index in [1.807, 2.05) is 0 Å². The number of hydrogen-bond acceptors (Lipinski definition) is 5. The first kappa shape index (κ1) is 21.4. The third kappa shape index (κ3) is 5.07. The van der Waals surface area contributed by atoms with Crippen molar-refractivity contribution in [3.63, 3.8) is 0 Å². The van der Waals surface area contributed by atoms with Gasteiger partial charge in [-0.1, -0.05) is 12.1 Å². The van der Waals surface area contributed by atoms with Gasteiger partial charge in [-0.3, -0.25) is 14.4 Å². The molecule has 1 aromatic rings. The van der Waals surface area contributed by atoms with Crippen LogP contribution in [-0.4, -0.2) is 30.9 Å². The second-order valence-corrected chi connectivity index (χ2v) is 9.44. The molecule has 7 heteroatoms. The molecule has 0 aromatic heterocycles. The maximum absolute atomic E-state index is 12.9. The second-order valence-electron chi connectivity index (χ2n) is 9.44. The number of amides is 2. The number of esters is 1. The zero-order chi connectivity index (χ0) is 21.8. The van der Waals surface area contributed by atoms with Crippen molar-refractivity contribution in [1.29, 1.82) is 5.26 Å². The number of carbonyl (C=O) groups excluding carboxylic acids is 3. The topological polar surface area (TPSA) is 108 Å². The third-order valence-electron chi connectivity index (χ3n) is 7.02. The molecule has 0 atom stereocenters. The summed E-state index contributed by atoms with van der Waals surface area (Å²) in [5, 5.41) is 14.3. The molecule has 2 N–H and O–H groups in total. The van der Waals surface area contributed by atoms with Gasteiger partial charge in [0.15, 0.2) is 6.61 Å². The Morgan fingerprint density at radius 3 is 2.23 bits per heavy atom. The van der Waals surface area contributed by atoms with Gasteiger partial charge in [-0.15, -0.1) is 0 Å². The van der Waals surface area contributed by atoms with Crippen molar-refractivity contribution < 1.29 is 19.1 Å². The van der Waals surface area contributed by atoms with Crippen LogP contribution in [0.2, 0.25) is 0 Å². The molecule has 7 nitrogen and oxygen atoms in total. The molecule has 164 valence electrons. The van der Waals surface area contributed by atoms with Crippen molar-refractivity contribution in [3.05, 3.63) is 29.8 Å². The van der Waals surface area contributed by atoms with Crippen LogP contribution >= 0.6 is 0 Å². The summed E-state index contributed by atoms with van der Waals surface area (Å²) in [7, 11) is 0. The predicted molar refractivity (Wildman–Crippen MR) is 114 cm³/mol. The molecule has 0 radical (unpaired) electrons. The van der Waals surface area contributed by atoms with Crippen molar-refractivity contribution in [1.82, 2.24) is 5.32 Å². The Morgan fingerprint density at radius 1 is 1.03 bits per heavy atom. The summed E-state index contributed by atoms with van der Waals surface area (Å²) >= 11 is 0. The van der Waals surface area contributed by atoms with Gasteiger partial charge in [0.05, 0.1) is 18.9 Å². The molecule has 4 bridgehead atoms. The van der Waals surface area contributed by atoms with Crippen molar-refractivity contribution in [2.45, 2.75) is 51.4 Å². The Hall–Kier alpha value is -2.88. The van der Waals surface area contributed by atoms with Crippen molar-refractivity contribution in [2.24, 2.45) is 23.2 Å². The van der Waals surface area contributed by atoms with E-state index < -0.39 is 11.9 Å². The quantitative estimate of drug-likeness (QED) is 0.625. The fraction of sp³-hybridized carbons (Fsp3) is 0.583. The van der Waals surface area contributed by atoms with Gasteiger partial charge in [0.25, 0.3) is 5.91 Å². The molecule has 0 unspecified atom stereocenters. The van der Waals surface area contributed by atoms with Gasteiger partial charge in [-0.2, -0.15) is 5.26 Å². The zero-order valence-electron chi connectivity index (χ0n) is 17.7. The summed E-state index contributed by atoms with van der Waals surface area (Å²) in [4.78, 5) is 36.8. The van der Waals surface area contributed by atoms with Crippen LogP contribution in [0.5, 0.6) is 0 Å². The first-order valence-corrected chi connectivity index (χ1v) is 11.2. The highest BCUT2D eigenvalue weighted by atomic mass is 16.5. The van der Waals surface area contributed by atoms with Crippen LogP contribution < -0.4 is 10.6 Å². The summed E-state index contributed by atoms with van der Waals surface area (Å²) in [6.45, 7) is -0.136. The van der Waals surface area contributed by atoms with E-state index >= 15 is 0 Å². The molecule has 4 aliphatic rings. The zero-order valence-corrected chi connectivity index (χ0v) is 17.7. The summed E-state index contributed by atoms with van der Waals surface area (Å²) < 4.78 is 5.02. The molecule has 0 spiro atoms. The number of rotatable bonds is 8. The Balaban J connectivity index is 1.15. The molecule has 0 heterocycles. The minimum absolute atomic E-state index is 0.0498. The van der Waals surface area contributed by atoms with Crippen LogP contribution in [0.15, 0.2) is 24.3 Å². The fourth-order valence-electron chi connectivity index (χ4n) is 6.07. The van der Waals surface area contributed by atoms with E-state index in [2.05, 4.69) is 16.7 Å². The van der Waals surface area contributed by atoms with E-state index in [-0.39, 0.29) is 30.9 Å². The maximum Gasteiger partial charge on any atom is 0.308 e. The van der Waals surface area contributed by atoms with Crippen LogP contribution in [-0.2, 0) is 25.5 Å². The third-order valence-corrected chi connectivity index (χ3v) is 7.02. The summed E-state index contributed by atoms with van der Waals surface area (Å²) in [6, 6.07) is 8.99. The van der Waals surface area contributed by atoms with Crippen LogP contribution in [0.25, 0.3) is 0 Å². The molecule has 4 saturated carbocycles. The minimum Gasteiger partial charge on any atom is -0.456 e. The Morgan fingerprint density at radius 2 is 1.65 bits per heavy atom. The highest BCUT2D eigenvalue weighted by molar-refractivity contribution is 5.92. The molecule has 4 aliphatic carbocycles. The van der Waals surface area contributed by atoms with Crippen molar-refractivity contribution in [3.8, 4) is 6.07 Å². The van der Waals surface area contributed by atoms with Gasteiger partial charge >= 0.3 is 5.97 Å². The normalized spacial score (nSPS) is 27.9. The van der Waals surface area contributed by atoms with Gasteiger partial charge in [0.1, 0.15) is 0 Å². The van der Waals surface area contributed by atoms with Crippen LogP contribution in [0, 0.1) is 34.5 Å². The number of nitrogens with zero attached hydrogens (tertiary/aromatic N) is 1. The Bertz CT molecular complexity index is 852. The van der Waals surface area contributed by atoms with E-state index in [0.29, 0.717) is 29.9 Å². The molecular weight excluding hydrogens is 394 g/mol. The van der Waals surface area contributed by atoms with E-state index in [1.165, 1.54) is 19.3 Å². The summed E-state index contributed by atoms with van der Waals surface area (Å²) in [5.41, 5.74) is 1.22. The van der Waals surface area contributed by atoms with Gasteiger partial charge in [-0.05, 0) is 74.0 Å². The first-order chi connectivity index (χ1) is 15.0. The second kappa shape index (κ2) is 9.09.